The maximum Gasteiger partial charge on any atom is 0.171 e. The number of aliphatic hydroxyl groups is 1. The lowest BCUT2D eigenvalue weighted by Crippen LogP contribution is -2.42. The summed E-state index contributed by atoms with van der Waals surface area (Å²) in [5.74, 6) is -0.732. The lowest BCUT2D eigenvalue weighted by atomic mass is 9.87. The topological polar surface area (TPSA) is 29.5 Å². The van der Waals surface area contributed by atoms with Gasteiger partial charge in [0.25, 0.3) is 0 Å². The molecule has 1 fully saturated rings. The van der Waals surface area contributed by atoms with Crippen molar-refractivity contribution in [3.63, 3.8) is 0 Å². The summed E-state index contributed by atoms with van der Waals surface area (Å²) in [5.41, 5.74) is 0. The van der Waals surface area contributed by atoms with E-state index in [0.717, 1.165) is 25.7 Å². The third-order valence-electron chi connectivity index (χ3n) is 3.28. The summed E-state index contributed by atoms with van der Waals surface area (Å²) in [6.07, 6.45) is 9.71. The molecule has 0 saturated carbocycles. The average Bonchev–Trinajstić information content (AvgIpc) is 2.29. The van der Waals surface area contributed by atoms with Crippen molar-refractivity contribution in [2.45, 2.75) is 57.7 Å². The van der Waals surface area contributed by atoms with E-state index in [-0.39, 0.29) is 5.92 Å². The molecule has 1 saturated heterocycles. The highest BCUT2D eigenvalue weighted by molar-refractivity contribution is 14.1. The van der Waals surface area contributed by atoms with Crippen LogP contribution in [0.3, 0.4) is 0 Å². The predicted molar refractivity (Wildman–Crippen MR) is 75.5 cm³/mol. The highest BCUT2D eigenvalue weighted by Crippen LogP contribution is 2.34. The van der Waals surface area contributed by atoms with Gasteiger partial charge in [0.1, 0.15) is 0 Å². The molecule has 3 heteroatoms. The first-order chi connectivity index (χ1) is 7.73. The summed E-state index contributed by atoms with van der Waals surface area (Å²) in [5, 5.41) is 10.5. The number of halogens is 1. The summed E-state index contributed by atoms with van der Waals surface area (Å²) in [4.78, 5) is 0. The van der Waals surface area contributed by atoms with Gasteiger partial charge in [-0.25, -0.2) is 0 Å². The molecule has 0 aromatic heterocycles. The van der Waals surface area contributed by atoms with E-state index < -0.39 is 5.79 Å². The van der Waals surface area contributed by atoms with Crippen molar-refractivity contribution in [3.8, 4) is 0 Å². The van der Waals surface area contributed by atoms with Gasteiger partial charge in [0.05, 0.1) is 6.61 Å². The first-order valence-corrected chi connectivity index (χ1v) is 7.60. The van der Waals surface area contributed by atoms with Gasteiger partial charge in [0.15, 0.2) is 5.79 Å². The summed E-state index contributed by atoms with van der Waals surface area (Å²) in [7, 11) is 0. The number of hydrogen-bond donors (Lipinski definition) is 1. The second kappa shape index (κ2) is 7.67. The van der Waals surface area contributed by atoms with Gasteiger partial charge in [-0.15, -0.1) is 0 Å². The molecule has 0 spiro atoms. The van der Waals surface area contributed by atoms with E-state index in [9.17, 15) is 5.11 Å². The van der Waals surface area contributed by atoms with Crippen molar-refractivity contribution in [3.05, 3.63) is 10.2 Å². The summed E-state index contributed by atoms with van der Waals surface area (Å²) >= 11 is 2.22. The Kier molecular flexibility index (Phi) is 6.92. The fourth-order valence-electron chi connectivity index (χ4n) is 2.27. The maximum absolute atomic E-state index is 10.5. The molecule has 16 heavy (non-hydrogen) atoms. The molecule has 1 heterocycles. The van der Waals surface area contributed by atoms with Gasteiger partial charge in [-0.3, -0.25) is 0 Å². The molecular weight excluding hydrogens is 315 g/mol. The smallest absolute Gasteiger partial charge is 0.171 e. The van der Waals surface area contributed by atoms with E-state index >= 15 is 0 Å². The first-order valence-electron chi connectivity index (χ1n) is 6.36. The molecule has 0 aromatic rings. The van der Waals surface area contributed by atoms with Crippen LogP contribution in [0.4, 0.5) is 0 Å². The number of ether oxygens (including phenoxy) is 1. The van der Waals surface area contributed by atoms with E-state index in [4.69, 9.17) is 4.74 Å². The van der Waals surface area contributed by atoms with Crippen molar-refractivity contribution in [2.24, 2.45) is 5.92 Å². The SMILES string of the molecule is CCCCCC(/C=C\I)[C@]1(O)CCCCO1. The monoisotopic (exact) mass is 338 g/mol. The largest absolute Gasteiger partial charge is 0.365 e. The Morgan fingerprint density at radius 2 is 2.25 bits per heavy atom. The summed E-state index contributed by atoms with van der Waals surface area (Å²) < 4.78 is 7.62. The van der Waals surface area contributed by atoms with Crippen molar-refractivity contribution >= 4 is 22.6 Å². The molecule has 1 aliphatic rings. The van der Waals surface area contributed by atoms with Crippen LogP contribution in [0.1, 0.15) is 51.9 Å². The number of rotatable bonds is 6. The summed E-state index contributed by atoms with van der Waals surface area (Å²) in [6.45, 7) is 2.91. The summed E-state index contributed by atoms with van der Waals surface area (Å²) in [6, 6.07) is 0. The van der Waals surface area contributed by atoms with Crippen LogP contribution in [0.5, 0.6) is 0 Å². The number of hydrogen-bond acceptors (Lipinski definition) is 2. The van der Waals surface area contributed by atoms with Gasteiger partial charge >= 0.3 is 0 Å². The quantitative estimate of drug-likeness (QED) is 0.585. The van der Waals surface area contributed by atoms with Gasteiger partial charge in [0, 0.05) is 12.3 Å². The Balaban J connectivity index is 2.52. The van der Waals surface area contributed by atoms with Crippen LogP contribution in [0.15, 0.2) is 10.2 Å². The molecule has 94 valence electrons. The highest BCUT2D eigenvalue weighted by Gasteiger charge is 2.37. The van der Waals surface area contributed by atoms with Crippen LogP contribution in [0, 0.1) is 5.92 Å². The minimum absolute atomic E-state index is 0.163. The van der Waals surface area contributed by atoms with E-state index in [1.807, 2.05) is 4.08 Å². The van der Waals surface area contributed by atoms with E-state index in [2.05, 4.69) is 35.6 Å². The molecule has 1 rings (SSSR count). The van der Waals surface area contributed by atoms with Gasteiger partial charge in [-0.2, -0.15) is 0 Å². The third-order valence-corrected chi connectivity index (χ3v) is 3.70. The van der Waals surface area contributed by atoms with E-state index in [0.29, 0.717) is 6.61 Å². The molecule has 1 aliphatic heterocycles. The van der Waals surface area contributed by atoms with Gasteiger partial charge in [-0.1, -0.05) is 54.9 Å². The van der Waals surface area contributed by atoms with Gasteiger partial charge in [-0.05, 0) is 23.3 Å². The lowest BCUT2D eigenvalue weighted by molar-refractivity contribution is -0.248. The minimum Gasteiger partial charge on any atom is -0.365 e. The Morgan fingerprint density at radius 1 is 1.44 bits per heavy atom. The van der Waals surface area contributed by atoms with Gasteiger partial charge in [0.2, 0.25) is 0 Å². The first kappa shape index (κ1) is 14.5. The van der Waals surface area contributed by atoms with Crippen LogP contribution in [-0.2, 0) is 4.74 Å². The Morgan fingerprint density at radius 3 is 2.81 bits per heavy atom. The highest BCUT2D eigenvalue weighted by atomic mass is 127. The maximum atomic E-state index is 10.5. The molecule has 0 radical (unpaired) electrons. The zero-order valence-electron chi connectivity index (χ0n) is 10.1. The van der Waals surface area contributed by atoms with E-state index in [1.54, 1.807) is 0 Å². The Labute approximate surface area is 113 Å². The molecule has 1 unspecified atom stereocenters. The fourth-order valence-corrected chi connectivity index (χ4v) is 2.77. The molecule has 0 bridgehead atoms. The van der Waals surface area contributed by atoms with Crippen molar-refractivity contribution < 1.29 is 9.84 Å². The van der Waals surface area contributed by atoms with E-state index in [1.165, 1.54) is 19.3 Å². The third kappa shape index (κ3) is 4.34. The Hall–Kier alpha value is 0.390. The molecule has 1 N–H and O–H groups in total. The second-order valence-corrected chi connectivity index (χ2v) is 5.29. The molecule has 0 amide bonds. The second-order valence-electron chi connectivity index (χ2n) is 4.57. The van der Waals surface area contributed by atoms with Gasteiger partial charge < -0.3 is 9.84 Å². The number of unbranched alkanes of at least 4 members (excludes halogenated alkanes) is 2. The standard InChI is InChI=1S/C13H23IO2/c1-2-3-4-7-12(8-10-14)13(15)9-5-6-11-16-13/h8,10,12,15H,2-7,9,11H2,1H3/b10-8-/t12?,13-/m0/s1. The van der Waals surface area contributed by atoms with Crippen molar-refractivity contribution in [1.29, 1.82) is 0 Å². The fraction of sp³-hybridized carbons (Fsp3) is 0.846. The van der Waals surface area contributed by atoms with Crippen LogP contribution in [0.25, 0.3) is 0 Å². The van der Waals surface area contributed by atoms with Crippen LogP contribution >= 0.6 is 22.6 Å². The molecule has 0 aliphatic carbocycles. The predicted octanol–water partition coefficient (Wildman–Crippen LogP) is 4.02. The zero-order valence-corrected chi connectivity index (χ0v) is 12.3. The molecule has 0 aromatic carbocycles. The average molecular weight is 338 g/mol. The molecule has 2 nitrogen and oxygen atoms in total. The lowest BCUT2D eigenvalue weighted by Gasteiger charge is -2.37. The minimum atomic E-state index is -0.895. The van der Waals surface area contributed by atoms with Crippen molar-refractivity contribution in [2.75, 3.05) is 6.61 Å². The van der Waals surface area contributed by atoms with Crippen molar-refractivity contribution in [1.82, 2.24) is 0 Å². The van der Waals surface area contributed by atoms with Crippen LogP contribution in [-0.4, -0.2) is 17.5 Å². The Bertz CT molecular complexity index is 210. The normalized spacial score (nSPS) is 28.4. The molecule has 2 atom stereocenters. The van der Waals surface area contributed by atoms with Crippen LogP contribution in [0.2, 0.25) is 0 Å². The molecular formula is C13H23IO2. The van der Waals surface area contributed by atoms with Crippen LogP contribution < -0.4 is 0 Å². The zero-order chi connectivity index (χ0) is 11.9.